The van der Waals surface area contributed by atoms with Gasteiger partial charge >= 0.3 is 0 Å². The molecule has 1 aromatic rings. The highest BCUT2D eigenvalue weighted by Crippen LogP contribution is 2.45. The summed E-state index contributed by atoms with van der Waals surface area (Å²) in [4.78, 5) is 0. The van der Waals surface area contributed by atoms with Crippen LogP contribution in [0.1, 0.15) is 94.7 Å². The summed E-state index contributed by atoms with van der Waals surface area (Å²) in [6.45, 7) is 11.6. The molecule has 0 saturated heterocycles. The highest BCUT2D eigenvalue weighted by atomic mass is 32.1. The molecular formula is C21H34N2S. The summed E-state index contributed by atoms with van der Waals surface area (Å²) in [5.74, 6) is 2.47. The van der Waals surface area contributed by atoms with Gasteiger partial charge in [0.25, 0.3) is 0 Å². The highest BCUT2D eigenvalue weighted by molar-refractivity contribution is 7.80. The van der Waals surface area contributed by atoms with Crippen molar-refractivity contribution in [1.82, 2.24) is 5.32 Å². The van der Waals surface area contributed by atoms with Crippen molar-refractivity contribution in [1.29, 1.82) is 0 Å². The predicted octanol–water partition coefficient (Wildman–Crippen LogP) is 5.43. The molecule has 1 aliphatic carbocycles. The van der Waals surface area contributed by atoms with Crippen LogP contribution in [-0.2, 0) is 0 Å². The van der Waals surface area contributed by atoms with Gasteiger partial charge < -0.3 is 11.1 Å². The Morgan fingerprint density at radius 1 is 1.17 bits per heavy atom. The van der Waals surface area contributed by atoms with Crippen LogP contribution in [0.4, 0.5) is 0 Å². The van der Waals surface area contributed by atoms with E-state index in [1.165, 1.54) is 30.4 Å². The smallest absolute Gasteiger partial charge is 0.163 e. The monoisotopic (exact) mass is 346 g/mol. The summed E-state index contributed by atoms with van der Waals surface area (Å²) < 4.78 is 0. The number of nitrogens with one attached hydrogen (secondary N) is 1. The second-order valence-electron chi connectivity index (χ2n) is 7.95. The topological polar surface area (TPSA) is 38.0 Å². The summed E-state index contributed by atoms with van der Waals surface area (Å²) in [6, 6.07) is 7.32. The molecule has 3 N–H and O–H groups in total. The van der Waals surface area contributed by atoms with Crippen molar-refractivity contribution in [3.63, 3.8) is 0 Å². The number of hydrogen-bond acceptors (Lipinski definition) is 1. The lowest BCUT2D eigenvalue weighted by Gasteiger charge is -2.39. The van der Waals surface area contributed by atoms with Gasteiger partial charge in [0.05, 0.1) is 0 Å². The molecular weight excluding hydrogens is 312 g/mol. The van der Waals surface area contributed by atoms with E-state index < -0.39 is 0 Å². The number of rotatable bonds is 5. The van der Waals surface area contributed by atoms with E-state index >= 15 is 0 Å². The molecule has 3 unspecified atom stereocenters. The largest absolute Gasteiger partial charge is 0.376 e. The van der Waals surface area contributed by atoms with E-state index in [-0.39, 0.29) is 0 Å². The van der Waals surface area contributed by atoms with E-state index in [1.807, 2.05) is 0 Å². The molecule has 134 valence electrons. The predicted molar refractivity (Wildman–Crippen MR) is 109 cm³/mol. The van der Waals surface area contributed by atoms with Crippen LogP contribution in [0.2, 0.25) is 0 Å². The molecule has 2 nitrogen and oxygen atoms in total. The zero-order valence-electron chi connectivity index (χ0n) is 15.9. The van der Waals surface area contributed by atoms with Crippen LogP contribution in [-0.4, -0.2) is 11.2 Å². The summed E-state index contributed by atoms with van der Waals surface area (Å²) in [6.07, 6.45) is 4.81. The van der Waals surface area contributed by atoms with Gasteiger partial charge in [0.15, 0.2) is 5.11 Å². The van der Waals surface area contributed by atoms with Crippen molar-refractivity contribution in [3.05, 3.63) is 34.9 Å². The summed E-state index contributed by atoms with van der Waals surface area (Å²) in [5, 5.41) is 3.77. The number of benzene rings is 1. The second-order valence-corrected chi connectivity index (χ2v) is 8.39. The fraction of sp³-hybridized carbons (Fsp3) is 0.667. The molecule has 1 aliphatic rings. The van der Waals surface area contributed by atoms with Gasteiger partial charge in [-0.25, -0.2) is 0 Å². The van der Waals surface area contributed by atoms with Crippen molar-refractivity contribution in [2.75, 3.05) is 0 Å². The van der Waals surface area contributed by atoms with Crippen molar-refractivity contribution in [3.8, 4) is 0 Å². The molecule has 2 rings (SSSR count). The van der Waals surface area contributed by atoms with E-state index in [9.17, 15) is 0 Å². The molecule has 3 atom stereocenters. The van der Waals surface area contributed by atoms with Crippen LogP contribution >= 0.6 is 12.2 Å². The van der Waals surface area contributed by atoms with Crippen LogP contribution in [0.3, 0.4) is 0 Å². The molecule has 1 fully saturated rings. The quantitative estimate of drug-likeness (QED) is 0.698. The third-order valence-electron chi connectivity index (χ3n) is 5.65. The van der Waals surface area contributed by atoms with Crippen LogP contribution in [0.15, 0.2) is 18.2 Å². The molecule has 0 bridgehead atoms. The van der Waals surface area contributed by atoms with Crippen LogP contribution in [0.25, 0.3) is 0 Å². The molecule has 1 saturated carbocycles. The Morgan fingerprint density at radius 2 is 1.75 bits per heavy atom. The van der Waals surface area contributed by atoms with Gasteiger partial charge in [-0.3, -0.25) is 0 Å². The summed E-state index contributed by atoms with van der Waals surface area (Å²) in [5.41, 5.74) is 10.4. The van der Waals surface area contributed by atoms with Crippen LogP contribution < -0.4 is 11.1 Å². The average molecular weight is 347 g/mol. The SMILES string of the molecule is CCC1CCC(NC(N)=S)CC1c1c(C(C)C)cccc1C(C)C. The average Bonchev–Trinajstić information content (AvgIpc) is 2.53. The minimum absolute atomic E-state index is 0.413. The summed E-state index contributed by atoms with van der Waals surface area (Å²) >= 11 is 5.09. The molecule has 0 radical (unpaired) electrons. The Hall–Kier alpha value is -1.09. The van der Waals surface area contributed by atoms with E-state index in [4.69, 9.17) is 18.0 Å². The minimum Gasteiger partial charge on any atom is -0.376 e. The lowest BCUT2D eigenvalue weighted by atomic mass is 9.68. The number of thiocarbonyl (C=S) groups is 1. The molecule has 0 aliphatic heterocycles. The van der Waals surface area contributed by atoms with E-state index in [2.05, 4.69) is 58.1 Å². The van der Waals surface area contributed by atoms with Gasteiger partial charge in [-0.15, -0.1) is 0 Å². The van der Waals surface area contributed by atoms with Crippen LogP contribution in [0, 0.1) is 5.92 Å². The lowest BCUT2D eigenvalue weighted by molar-refractivity contribution is 0.260. The van der Waals surface area contributed by atoms with Gasteiger partial charge in [-0.05, 0) is 71.8 Å². The van der Waals surface area contributed by atoms with Crippen molar-refractivity contribution in [2.24, 2.45) is 11.7 Å². The highest BCUT2D eigenvalue weighted by Gasteiger charge is 2.34. The molecule has 3 heteroatoms. The Morgan fingerprint density at radius 3 is 2.21 bits per heavy atom. The third-order valence-corrected chi connectivity index (χ3v) is 5.77. The molecule has 24 heavy (non-hydrogen) atoms. The zero-order valence-corrected chi connectivity index (χ0v) is 16.7. The van der Waals surface area contributed by atoms with Gasteiger partial charge in [0, 0.05) is 6.04 Å². The molecule has 1 aromatic carbocycles. The first kappa shape index (κ1) is 19.2. The first-order valence-corrected chi connectivity index (χ1v) is 9.94. The van der Waals surface area contributed by atoms with Crippen LogP contribution in [0.5, 0.6) is 0 Å². The minimum atomic E-state index is 0.413. The Labute approximate surface area is 153 Å². The second kappa shape index (κ2) is 8.33. The van der Waals surface area contributed by atoms with Gasteiger partial charge in [0.1, 0.15) is 0 Å². The Balaban J connectivity index is 2.46. The van der Waals surface area contributed by atoms with Gasteiger partial charge in [0.2, 0.25) is 0 Å². The maximum Gasteiger partial charge on any atom is 0.163 e. The maximum atomic E-state index is 5.75. The third kappa shape index (κ3) is 4.30. The summed E-state index contributed by atoms with van der Waals surface area (Å²) in [7, 11) is 0. The fourth-order valence-electron chi connectivity index (χ4n) is 4.44. The lowest BCUT2D eigenvalue weighted by Crippen LogP contribution is -2.42. The molecule has 0 spiro atoms. The fourth-order valence-corrected chi connectivity index (χ4v) is 4.61. The first-order valence-electron chi connectivity index (χ1n) is 9.53. The molecule has 0 aromatic heterocycles. The van der Waals surface area contributed by atoms with Crippen molar-refractivity contribution in [2.45, 2.75) is 84.1 Å². The standard InChI is InChI=1S/C21H34N2S/c1-6-15-10-11-16(23-21(22)24)12-19(15)20-17(13(2)3)8-7-9-18(20)14(4)5/h7-9,13-16,19H,6,10-12H2,1-5H3,(H3,22,23,24). The van der Waals surface area contributed by atoms with Crippen molar-refractivity contribution < 1.29 is 0 Å². The van der Waals surface area contributed by atoms with E-state index in [1.54, 1.807) is 5.56 Å². The molecule has 0 amide bonds. The van der Waals surface area contributed by atoms with Gasteiger partial charge in [-0.1, -0.05) is 59.2 Å². The Bertz CT molecular complexity index is 539. The first-order chi connectivity index (χ1) is 11.3. The number of hydrogen-bond donors (Lipinski definition) is 2. The Kier molecular flexibility index (Phi) is 6.68. The van der Waals surface area contributed by atoms with Gasteiger partial charge in [-0.2, -0.15) is 0 Å². The molecule has 0 heterocycles. The van der Waals surface area contributed by atoms with E-state index in [0.29, 0.717) is 28.9 Å². The maximum absolute atomic E-state index is 5.75. The normalized spacial score (nSPS) is 24.4. The zero-order chi connectivity index (χ0) is 17.9. The van der Waals surface area contributed by atoms with Crippen molar-refractivity contribution >= 4 is 17.3 Å². The van der Waals surface area contributed by atoms with E-state index in [0.717, 1.165) is 12.3 Å². The number of nitrogens with two attached hydrogens (primary N) is 1.